The van der Waals surface area contributed by atoms with E-state index in [-0.39, 0.29) is 29.4 Å². The van der Waals surface area contributed by atoms with Crippen molar-refractivity contribution in [1.82, 2.24) is 9.47 Å². The van der Waals surface area contributed by atoms with Crippen LogP contribution in [0.4, 0.5) is 0 Å². The minimum absolute atomic E-state index is 0.121. The molecule has 6 nitrogen and oxygen atoms in total. The van der Waals surface area contributed by atoms with Crippen molar-refractivity contribution in [2.75, 3.05) is 13.1 Å². The van der Waals surface area contributed by atoms with E-state index in [2.05, 4.69) is 0 Å². The summed E-state index contributed by atoms with van der Waals surface area (Å²) in [6.07, 6.45) is 3.10. The molecule has 0 radical (unpaired) electrons. The Morgan fingerprint density at radius 3 is 2.60 bits per heavy atom. The summed E-state index contributed by atoms with van der Waals surface area (Å²) >= 11 is 0. The van der Waals surface area contributed by atoms with Crippen molar-refractivity contribution >= 4 is 11.9 Å². The van der Waals surface area contributed by atoms with Crippen molar-refractivity contribution < 1.29 is 14.7 Å². The van der Waals surface area contributed by atoms with Crippen LogP contribution in [0.5, 0.6) is 0 Å². The Morgan fingerprint density at radius 1 is 1.35 bits per heavy atom. The van der Waals surface area contributed by atoms with Crippen LogP contribution >= 0.6 is 0 Å². The average molecular weight is 278 g/mol. The number of aryl methyl sites for hydroxylation is 1. The molecule has 2 rings (SSSR count). The molecule has 1 aliphatic heterocycles. The largest absolute Gasteiger partial charge is 0.481 e. The van der Waals surface area contributed by atoms with Crippen LogP contribution < -0.4 is 5.56 Å². The fourth-order valence-corrected chi connectivity index (χ4v) is 2.52. The molecule has 0 saturated carbocycles. The molecule has 0 spiro atoms. The zero-order chi connectivity index (χ0) is 14.7. The lowest BCUT2D eigenvalue weighted by Crippen LogP contribution is -2.41. The summed E-state index contributed by atoms with van der Waals surface area (Å²) in [5, 5.41) is 8.76. The number of carbonyl (C=O) groups excluding carboxylic acids is 1. The number of likely N-dealkylation sites (tertiary alicyclic amines) is 1. The van der Waals surface area contributed by atoms with E-state index in [0.29, 0.717) is 25.9 Å². The van der Waals surface area contributed by atoms with Gasteiger partial charge >= 0.3 is 5.97 Å². The predicted molar refractivity (Wildman–Crippen MR) is 72.6 cm³/mol. The Kier molecular flexibility index (Phi) is 4.22. The average Bonchev–Trinajstić information content (AvgIpc) is 2.41. The monoisotopic (exact) mass is 278 g/mol. The zero-order valence-corrected chi connectivity index (χ0v) is 11.4. The van der Waals surface area contributed by atoms with Gasteiger partial charge in [-0.25, -0.2) is 0 Å². The number of carboxylic acids is 1. The summed E-state index contributed by atoms with van der Waals surface area (Å²) in [5.74, 6) is -0.943. The highest BCUT2D eigenvalue weighted by molar-refractivity contribution is 5.93. The van der Waals surface area contributed by atoms with Crippen LogP contribution in [-0.4, -0.2) is 39.5 Å². The third-order valence-corrected chi connectivity index (χ3v) is 3.72. The van der Waals surface area contributed by atoms with Gasteiger partial charge in [-0.3, -0.25) is 14.4 Å². The highest BCUT2D eigenvalue weighted by Crippen LogP contribution is 2.21. The molecule has 1 aliphatic rings. The van der Waals surface area contributed by atoms with E-state index in [4.69, 9.17) is 5.11 Å². The topological polar surface area (TPSA) is 79.6 Å². The number of hydrogen-bond donors (Lipinski definition) is 1. The summed E-state index contributed by atoms with van der Waals surface area (Å²) < 4.78 is 1.38. The molecule has 1 N–H and O–H groups in total. The lowest BCUT2D eigenvalue weighted by molar-refractivity contribution is -0.138. The van der Waals surface area contributed by atoms with Gasteiger partial charge in [0, 0.05) is 32.8 Å². The number of rotatable bonds is 3. The first kappa shape index (κ1) is 14.3. The SMILES string of the molecule is Cn1cccc(C(=O)N2CCC(CC(=O)O)CC2)c1=O. The first-order valence-electron chi connectivity index (χ1n) is 6.65. The van der Waals surface area contributed by atoms with Gasteiger partial charge in [-0.05, 0) is 30.9 Å². The van der Waals surface area contributed by atoms with E-state index in [0.717, 1.165) is 0 Å². The molecule has 1 aromatic rings. The summed E-state index contributed by atoms with van der Waals surface area (Å²) in [7, 11) is 1.61. The number of carboxylic acid groups (broad SMARTS) is 1. The fraction of sp³-hybridized carbons (Fsp3) is 0.500. The lowest BCUT2D eigenvalue weighted by atomic mass is 9.93. The Bertz CT molecular complexity index is 571. The Labute approximate surface area is 116 Å². The van der Waals surface area contributed by atoms with E-state index in [1.54, 1.807) is 24.2 Å². The van der Waals surface area contributed by atoms with Crippen molar-refractivity contribution in [2.24, 2.45) is 13.0 Å². The van der Waals surface area contributed by atoms with Gasteiger partial charge in [0.25, 0.3) is 11.5 Å². The molecule has 6 heteroatoms. The van der Waals surface area contributed by atoms with Gasteiger partial charge < -0.3 is 14.6 Å². The second-order valence-electron chi connectivity index (χ2n) is 5.17. The Hall–Kier alpha value is -2.11. The first-order valence-corrected chi connectivity index (χ1v) is 6.65. The van der Waals surface area contributed by atoms with Crippen molar-refractivity contribution in [2.45, 2.75) is 19.3 Å². The molecule has 0 unspecified atom stereocenters. The molecule has 0 aliphatic carbocycles. The summed E-state index contributed by atoms with van der Waals surface area (Å²) in [6.45, 7) is 1.02. The van der Waals surface area contributed by atoms with Crippen LogP contribution in [0, 0.1) is 5.92 Å². The number of aliphatic carboxylic acids is 1. The van der Waals surface area contributed by atoms with Crippen LogP contribution in [0.15, 0.2) is 23.1 Å². The minimum Gasteiger partial charge on any atom is -0.481 e. The fourth-order valence-electron chi connectivity index (χ4n) is 2.52. The quantitative estimate of drug-likeness (QED) is 0.883. The maximum absolute atomic E-state index is 12.3. The second-order valence-corrected chi connectivity index (χ2v) is 5.17. The van der Waals surface area contributed by atoms with Gasteiger partial charge in [-0.15, -0.1) is 0 Å². The van der Waals surface area contributed by atoms with Crippen molar-refractivity contribution in [1.29, 1.82) is 0 Å². The van der Waals surface area contributed by atoms with Crippen LogP contribution in [0.25, 0.3) is 0 Å². The Morgan fingerprint density at radius 2 is 2.00 bits per heavy atom. The Balaban J connectivity index is 2.03. The number of piperidine rings is 1. The van der Waals surface area contributed by atoms with E-state index in [1.807, 2.05) is 0 Å². The van der Waals surface area contributed by atoms with E-state index >= 15 is 0 Å². The van der Waals surface area contributed by atoms with Gasteiger partial charge in [-0.2, -0.15) is 0 Å². The lowest BCUT2D eigenvalue weighted by Gasteiger charge is -2.31. The molecule has 108 valence electrons. The summed E-state index contributed by atoms with van der Waals surface area (Å²) in [4.78, 5) is 36.5. The van der Waals surface area contributed by atoms with Crippen LogP contribution in [0.3, 0.4) is 0 Å². The number of pyridine rings is 1. The van der Waals surface area contributed by atoms with E-state index in [9.17, 15) is 14.4 Å². The number of aromatic nitrogens is 1. The highest BCUT2D eigenvalue weighted by Gasteiger charge is 2.26. The number of carbonyl (C=O) groups is 2. The van der Waals surface area contributed by atoms with Gasteiger partial charge in [-0.1, -0.05) is 0 Å². The molecule has 0 bridgehead atoms. The molecule has 0 atom stereocenters. The van der Waals surface area contributed by atoms with E-state index in [1.165, 1.54) is 10.6 Å². The maximum atomic E-state index is 12.3. The molecule has 1 saturated heterocycles. The number of hydrogen-bond acceptors (Lipinski definition) is 3. The standard InChI is InChI=1S/C14H18N2O4/c1-15-6-2-3-11(13(15)19)14(20)16-7-4-10(5-8-16)9-12(17)18/h2-3,6,10H,4-5,7-9H2,1H3,(H,17,18). The molecular formula is C14H18N2O4. The maximum Gasteiger partial charge on any atom is 0.303 e. The van der Waals surface area contributed by atoms with Gasteiger partial charge in [0.2, 0.25) is 0 Å². The summed E-state index contributed by atoms with van der Waals surface area (Å²) in [6, 6.07) is 3.21. The molecule has 0 aromatic carbocycles. The second kappa shape index (κ2) is 5.90. The van der Waals surface area contributed by atoms with Crippen molar-refractivity contribution in [3.63, 3.8) is 0 Å². The molecule has 2 heterocycles. The van der Waals surface area contributed by atoms with Gasteiger partial charge in [0.1, 0.15) is 5.56 Å². The van der Waals surface area contributed by atoms with Crippen molar-refractivity contribution in [3.8, 4) is 0 Å². The first-order chi connectivity index (χ1) is 9.49. The molecule has 1 amide bonds. The van der Waals surface area contributed by atoms with Crippen LogP contribution in [0.2, 0.25) is 0 Å². The summed E-state index contributed by atoms with van der Waals surface area (Å²) in [5.41, 5.74) is -0.128. The minimum atomic E-state index is -0.799. The smallest absolute Gasteiger partial charge is 0.303 e. The van der Waals surface area contributed by atoms with E-state index < -0.39 is 5.97 Å². The van der Waals surface area contributed by atoms with Crippen molar-refractivity contribution in [3.05, 3.63) is 34.2 Å². The third kappa shape index (κ3) is 3.07. The molecule has 20 heavy (non-hydrogen) atoms. The zero-order valence-electron chi connectivity index (χ0n) is 11.4. The normalized spacial score (nSPS) is 16.1. The molecule has 1 fully saturated rings. The van der Waals surface area contributed by atoms with Gasteiger partial charge in [0.15, 0.2) is 0 Å². The predicted octanol–water partition coefficient (Wildman–Crippen LogP) is 0.712. The van der Waals surface area contributed by atoms with Crippen LogP contribution in [0.1, 0.15) is 29.6 Å². The van der Waals surface area contributed by atoms with Crippen LogP contribution in [-0.2, 0) is 11.8 Å². The molecule has 1 aromatic heterocycles. The highest BCUT2D eigenvalue weighted by atomic mass is 16.4. The third-order valence-electron chi connectivity index (χ3n) is 3.72. The molecular weight excluding hydrogens is 260 g/mol. The van der Waals surface area contributed by atoms with Gasteiger partial charge in [0.05, 0.1) is 0 Å². The number of amides is 1. The number of nitrogens with zero attached hydrogens (tertiary/aromatic N) is 2.